The normalized spacial score (nSPS) is 23.6. The summed E-state index contributed by atoms with van der Waals surface area (Å²) in [5, 5.41) is 21.8. The minimum Gasteiger partial charge on any atom is -0.508 e. The first kappa shape index (κ1) is 13.7. The summed E-state index contributed by atoms with van der Waals surface area (Å²) in [6.45, 7) is 2.25. The fraction of sp³-hybridized carbons (Fsp3) is 0.533. The lowest BCUT2D eigenvalue weighted by Gasteiger charge is -2.16. The average molecular weight is 263 g/mol. The molecule has 0 aliphatic heterocycles. The lowest BCUT2D eigenvalue weighted by atomic mass is 10.0. The molecule has 2 rings (SSSR count). The Hall–Kier alpha value is -1.71. The molecule has 0 radical (unpaired) electrons. The molecule has 0 bridgehead atoms. The van der Waals surface area contributed by atoms with Crippen LogP contribution in [0.2, 0.25) is 0 Å². The third-order valence-corrected chi connectivity index (χ3v) is 3.76. The van der Waals surface area contributed by atoms with Gasteiger partial charge in [0.25, 0.3) is 5.91 Å². The Labute approximate surface area is 113 Å². The molecule has 2 atom stereocenters. The number of hydrogen-bond acceptors (Lipinski definition) is 3. The molecule has 0 heterocycles. The van der Waals surface area contributed by atoms with Crippen LogP contribution in [-0.4, -0.2) is 22.2 Å². The van der Waals surface area contributed by atoms with E-state index in [1.807, 2.05) is 0 Å². The van der Waals surface area contributed by atoms with Crippen LogP contribution >= 0.6 is 0 Å². The van der Waals surface area contributed by atoms with Crippen molar-refractivity contribution < 1.29 is 15.0 Å². The van der Waals surface area contributed by atoms with Crippen LogP contribution in [-0.2, 0) is 0 Å². The minimum absolute atomic E-state index is 0.0976. The maximum absolute atomic E-state index is 12.1. The van der Waals surface area contributed by atoms with Gasteiger partial charge in [0.2, 0.25) is 0 Å². The molecule has 1 aromatic carbocycles. The molecule has 0 aromatic heterocycles. The second kappa shape index (κ2) is 5.95. The molecule has 1 aliphatic carbocycles. The molecule has 1 fully saturated rings. The Morgan fingerprint density at radius 3 is 2.47 bits per heavy atom. The number of hydrogen-bond donors (Lipinski definition) is 3. The summed E-state index contributed by atoms with van der Waals surface area (Å²) in [7, 11) is 0. The number of rotatable bonds is 2. The molecule has 2 unspecified atom stereocenters. The second-order valence-corrected chi connectivity index (χ2v) is 5.52. The SMILES string of the molecule is CC1CCCC(NC(=O)c2cc(O)cc(O)c2)CC1. The zero-order valence-corrected chi connectivity index (χ0v) is 11.2. The first-order chi connectivity index (χ1) is 9.04. The van der Waals surface area contributed by atoms with E-state index in [1.54, 1.807) is 0 Å². The maximum atomic E-state index is 12.1. The van der Waals surface area contributed by atoms with Gasteiger partial charge in [0.15, 0.2) is 0 Å². The van der Waals surface area contributed by atoms with Gasteiger partial charge in [0.1, 0.15) is 11.5 Å². The summed E-state index contributed by atoms with van der Waals surface area (Å²) in [4.78, 5) is 12.1. The molecule has 0 spiro atoms. The molecule has 104 valence electrons. The van der Waals surface area contributed by atoms with Gasteiger partial charge in [0.05, 0.1) is 0 Å². The highest BCUT2D eigenvalue weighted by molar-refractivity contribution is 5.95. The van der Waals surface area contributed by atoms with Crippen molar-refractivity contribution in [1.29, 1.82) is 0 Å². The number of benzene rings is 1. The monoisotopic (exact) mass is 263 g/mol. The van der Waals surface area contributed by atoms with Gasteiger partial charge in [-0.15, -0.1) is 0 Å². The predicted molar refractivity (Wildman–Crippen MR) is 73.3 cm³/mol. The number of phenolic OH excluding ortho intramolecular Hbond substituents is 2. The number of carbonyl (C=O) groups is 1. The molecule has 0 saturated heterocycles. The van der Waals surface area contributed by atoms with E-state index >= 15 is 0 Å². The lowest BCUT2D eigenvalue weighted by molar-refractivity contribution is 0.0932. The van der Waals surface area contributed by atoms with Crippen molar-refractivity contribution in [3.05, 3.63) is 23.8 Å². The van der Waals surface area contributed by atoms with Crippen LogP contribution in [0, 0.1) is 5.92 Å². The molecular formula is C15H21NO3. The zero-order valence-electron chi connectivity index (χ0n) is 11.2. The summed E-state index contributed by atoms with van der Waals surface area (Å²) in [6.07, 6.45) is 5.49. The fourth-order valence-electron chi connectivity index (χ4n) is 2.63. The Balaban J connectivity index is 2.00. The van der Waals surface area contributed by atoms with Crippen LogP contribution in [0.25, 0.3) is 0 Å². The van der Waals surface area contributed by atoms with Crippen molar-refractivity contribution >= 4 is 5.91 Å². The van der Waals surface area contributed by atoms with Gasteiger partial charge in [-0.2, -0.15) is 0 Å². The first-order valence-corrected chi connectivity index (χ1v) is 6.88. The van der Waals surface area contributed by atoms with Gasteiger partial charge in [-0.1, -0.05) is 19.8 Å². The Kier molecular flexibility index (Phi) is 4.30. The number of amides is 1. The standard InChI is InChI=1S/C15H21NO3/c1-10-3-2-4-12(6-5-10)16-15(19)11-7-13(17)9-14(18)8-11/h7-10,12,17-18H,2-6H2,1H3,(H,16,19). The average Bonchev–Trinajstić information content (AvgIpc) is 2.53. The van der Waals surface area contributed by atoms with E-state index in [2.05, 4.69) is 12.2 Å². The maximum Gasteiger partial charge on any atom is 0.251 e. The van der Waals surface area contributed by atoms with Gasteiger partial charge in [0, 0.05) is 17.7 Å². The fourth-order valence-corrected chi connectivity index (χ4v) is 2.63. The lowest BCUT2D eigenvalue weighted by Crippen LogP contribution is -2.34. The van der Waals surface area contributed by atoms with Crippen molar-refractivity contribution in [2.75, 3.05) is 0 Å². The Bertz CT molecular complexity index is 438. The quantitative estimate of drug-likeness (QED) is 0.719. The highest BCUT2D eigenvalue weighted by Gasteiger charge is 2.19. The third-order valence-electron chi connectivity index (χ3n) is 3.76. The van der Waals surface area contributed by atoms with Crippen LogP contribution in [0.5, 0.6) is 11.5 Å². The Morgan fingerprint density at radius 2 is 1.79 bits per heavy atom. The number of carbonyl (C=O) groups excluding carboxylic acids is 1. The molecule has 3 N–H and O–H groups in total. The van der Waals surface area contributed by atoms with Crippen LogP contribution in [0.15, 0.2) is 18.2 Å². The smallest absolute Gasteiger partial charge is 0.251 e. The van der Waals surface area contributed by atoms with Crippen molar-refractivity contribution in [2.24, 2.45) is 5.92 Å². The molecule has 1 amide bonds. The van der Waals surface area contributed by atoms with E-state index in [9.17, 15) is 15.0 Å². The van der Waals surface area contributed by atoms with Crippen LogP contribution in [0.3, 0.4) is 0 Å². The van der Waals surface area contributed by atoms with Crippen molar-refractivity contribution in [2.45, 2.75) is 45.1 Å². The van der Waals surface area contributed by atoms with E-state index in [0.717, 1.165) is 31.6 Å². The first-order valence-electron chi connectivity index (χ1n) is 6.88. The van der Waals surface area contributed by atoms with E-state index in [4.69, 9.17) is 0 Å². The molecule has 1 aliphatic rings. The van der Waals surface area contributed by atoms with Crippen LogP contribution in [0.1, 0.15) is 49.4 Å². The largest absolute Gasteiger partial charge is 0.508 e. The number of aromatic hydroxyl groups is 2. The van der Waals surface area contributed by atoms with Crippen molar-refractivity contribution in [1.82, 2.24) is 5.32 Å². The molecule has 1 aromatic rings. The second-order valence-electron chi connectivity index (χ2n) is 5.52. The van der Waals surface area contributed by atoms with Gasteiger partial charge in [-0.25, -0.2) is 0 Å². The molecule has 4 heteroatoms. The van der Waals surface area contributed by atoms with E-state index in [0.29, 0.717) is 5.56 Å². The molecular weight excluding hydrogens is 242 g/mol. The number of nitrogens with one attached hydrogen (secondary N) is 1. The minimum atomic E-state index is -0.231. The summed E-state index contributed by atoms with van der Waals surface area (Å²) in [5.41, 5.74) is 0.301. The highest BCUT2D eigenvalue weighted by Crippen LogP contribution is 2.24. The van der Waals surface area contributed by atoms with Crippen molar-refractivity contribution in [3.8, 4) is 11.5 Å². The van der Waals surface area contributed by atoms with Gasteiger partial charge in [-0.05, 0) is 37.3 Å². The summed E-state index contributed by atoms with van der Waals surface area (Å²) >= 11 is 0. The van der Waals surface area contributed by atoms with E-state index in [-0.39, 0.29) is 23.4 Å². The number of phenols is 2. The van der Waals surface area contributed by atoms with Gasteiger partial charge >= 0.3 is 0 Å². The summed E-state index contributed by atoms with van der Waals surface area (Å²) in [5.74, 6) is 0.303. The van der Waals surface area contributed by atoms with Crippen molar-refractivity contribution in [3.63, 3.8) is 0 Å². The Morgan fingerprint density at radius 1 is 1.11 bits per heavy atom. The van der Waals surface area contributed by atoms with E-state index in [1.165, 1.54) is 24.6 Å². The summed E-state index contributed by atoms with van der Waals surface area (Å²) in [6, 6.07) is 4.15. The highest BCUT2D eigenvalue weighted by atomic mass is 16.3. The van der Waals surface area contributed by atoms with E-state index < -0.39 is 0 Å². The van der Waals surface area contributed by atoms with Crippen LogP contribution < -0.4 is 5.32 Å². The predicted octanol–water partition coefficient (Wildman–Crippen LogP) is 2.80. The zero-order chi connectivity index (χ0) is 13.8. The van der Waals surface area contributed by atoms with Gasteiger partial charge in [-0.3, -0.25) is 4.79 Å². The molecule has 19 heavy (non-hydrogen) atoms. The topological polar surface area (TPSA) is 69.6 Å². The molecule has 1 saturated carbocycles. The van der Waals surface area contributed by atoms with Crippen LogP contribution in [0.4, 0.5) is 0 Å². The van der Waals surface area contributed by atoms with Gasteiger partial charge < -0.3 is 15.5 Å². The summed E-state index contributed by atoms with van der Waals surface area (Å²) < 4.78 is 0. The molecule has 4 nitrogen and oxygen atoms in total. The third kappa shape index (κ3) is 3.88.